The smallest absolute Gasteiger partial charge is 0.261 e. The fourth-order valence-electron chi connectivity index (χ4n) is 4.00. The van der Waals surface area contributed by atoms with Gasteiger partial charge in [0.15, 0.2) is 6.61 Å². The van der Waals surface area contributed by atoms with E-state index in [-0.39, 0.29) is 18.6 Å². The van der Waals surface area contributed by atoms with Crippen molar-refractivity contribution in [2.24, 2.45) is 0 Å². The molecule has 1 N–H and O–H groups in total. The highest BCUT2D eigenvalue weighted by molar-refractivity contribution is 5.86. The van der Waals surface area contributed by atoms with Crippen LogP contribution in [0.3, 0.4) is 0 Å². The molecule has 0 spiro atoms. The van der Waals surface area contributed by atoms with Crippen molar-refractivity contribution in [3.05, 3.63) is 95.7 Å². The number of likely N-dealkylation sites (N-methyl/N-ethyl adjacent to an activating group) is 1. The monoisotopic (exact) mass is 428 g/mol. The number of hydrogen-bond acceptors (Lipinski definition) is 3. The second kappa shape index (κ2) is 9.60. The van der Waals surface area contributed by atoms with Crippen molar-refractivity contribution in [2.75, 3.05) is 20.3 Å². The molecule has 4 rings (SSSR count). The van der Waals surface area contributed by atoms with Crippen LogP contribution in [0.5, 0.6) is 11.5 Å². The second-order valence-corrected chi connectivity index (χ2v) is 7.75. The number of fused-ring (bicyclic) bond motifs is 1. The molecule has 0 saturated carbocycles. The molecule has 3 aromatic carbocycles. The van der Waals surface area contributed by atoms with Gasteiger partial charge in [0, 0.05) is 29.2 Å². The predicted octanol–water partition coefficient (Wildman–Crippen LogP) is 5.50. The summed E-state index contributed by atoms with van der Waals surface area (Å²) in [6.07, 6.45) is 2.01. The molecular formula is C27H28N2O3. The number of aryl methyl sites for hydroxylation is 1. The molecule has 164 valence electrons. The molecule has 0 fully saturated rings. The zero-order chi connectivity index (χ0) is 22.5. The summed E-state index contributed by atoms with van der Waals surface area (Å²) in [6.45, 7) is 4.59. The molecule has 0 aliphatic heterocycles. The summed E-state index contributed by atoms with van der Waals surface area (Å²) in [5, 5.41) is 1.11. The number of carbonyl (C=O) groups excluding carboxylic acids is 1. The maximum absolute atomic E-state index is 13.3. The average molecular weight is 429 g/mol. The summed E-state index contributed by atoms with van der Waals surface area (Å²) in [5.41, 5.74) is 4.38. The molecule has 1 amide bonds. The van der Waals surface area contributed by atoms with Crippen molar-refractivity contribution < 1.29 is 14.3 Å². The largest absolute Gasteiger partial charge is 0.497 e. The minimum absolute atomic E-state index is 0.0368. The van der Waals surface area contributed by atoms with Gasteiger partial charge in [-0.1, -0.05) is 48.0 Å². The fourth-order valence-corrected chi connectivity index (χ4v) is 4.00. The topological polar surface area (TPSA) is 54.6 Å². The van der Waals surface area contributed by atoms with Gasteiger partial charge >= 0.3 is 0 Å². The Morgan fingerprint density at radius 2 is 1.66 bits per heavy atom. The Morgan fingerprint density at radius 3 is 2.34 bits per heavy atom. The zero-order valence-electron chi connectivity index (χ0n) is 18.7. The third kappa shape index (κ3) is 4.47. The number of ether oxygens (including phenoxy) is 2. The minimum Gasteiger partial charge on any atom is -0.497 e. The molecule has 5 heteroatoms. The second-order valence-electron chi connectivity index (χ2n) is 7.75. The predicted molar refractivity (Wildman–Crippen MR) is 127 cm³/mol. The summed E-state index contributed by atoms with van der Waals surface area (Å²) < 4.78 is 11.0. The van der Waals surface area contributed by atoms with Crippen molar-refractivity contribution in [3.8, 4) is 11.5 Å². The van der Waals surface area contributed by atoms with Crippen molar-refractivity contribution in [2.45, 2.75) is 19.9 Å². The first-order valence-electron chi connectivity index (χ1n) is 10.8. The number of benzene rings is 3. The lowest BCUT2D eigenvalue weighted by atomic mass is 9.95. The van der Waals surface area contributed by atoms with E-state index < -0.39 is 0 Å². The molecule has 0 radical (unpaired) electrons. The standard InChI is InChI=1S/C27H28N2O3/c1-4-29(26(30)18-32-22-15-13-21(31-3)14-16-22)27(20-11-9-19(2)10-12-20)24-17-28-25-8-6-5-7-23(24)25/h5-17,27-28H,4,18H2,1-3H3/t27-/m1/s1. The van der Waals surface area contributed by atoms with Crippen LogP contribution in [0.4, 0.5) is 0 Å². The van der Waals surface area contributed by atoms with Crippen molar-refractivity contribution >= 4 is 16.8 Å². The van der Waals surface area contributed by atoms with Crippen molar-refractivity contribution in [1.29, 1.82) is 0 Å². The highest BCUT2D eigenvalue weighted by Gasteiger charge is 2.28. The molecule has 0 aliphatic carbocycles. The highest BCUT2D eigenvalue weighted by atomic mass is 16.5. The summed E-state index contributed by atoms with van der Waals surface area (Å²) in [7, 11) is 1.62. The van der Waals surface area contributed by atoms with Crippen LogP contribution in [0, 0.1) is 6.92 Å². The number of nitrogens with zero attached hydrogens (tertiary/aromatic N) is 1. The van der Waals surface area contributed by atoms with Crippen LogP contribution in [-0.4, -0.2) is 36.1 Å². The van der Waals surface area contributed by atoms with Gasteiger partial charge in [0.1, 0.15) is 11.5 Å². The third-order valence-corrected chi connectivity index (χ3v) is 5.70. The van der Waals surface area contributed by atoms with Gasteiger partial charge in [0.2, 0.25) is 0 Å². The molecule has 0 saturated heterocycles. The van der Waals surface area contributed by atoms with E-state index >= 15 is 0 Å². The van der Waals surface area contributed by atoms with E-state index in [1.165, 1.54) is 5.56 Å². The summed E-state index contributed by atoms with van der Waals surface area (Å²) in [6, 6.07) is 23.6. The van der Waals surface area contributed by atoms with Crippen LogP contribution in [-0.2, 0) is 4.79 Å². The van der Waals surface area contributed by atoms with Gasteiger partial charge in [0.05, 0.1) is 13.2 Å². The molecule has 32 heavy (non-hydrogen) atoms. The van der Waals surface area contributed by atoms with Gasteiger partial charge in [-0.05, 0) is 49.7 Å². The van der Waals surface area contributed by atoms with Crippen LogP contribution in [0.2, 0.25) is 0 Å². The third-order valence-electron chi connectivity index (χ3n) is 5.70. The number of aromatic amines is 1. The molecule has 1 aromatic heterocycles. The molecule has 0 bridgehead atoms. The Morgan fingerprint density at radius 1 is 0.969 bits per heavy atom. The molecule has 5 nitrogen and oxygen atoms in total. The summed E-state index contributed by atoms with van der Waals surface area (Å²) in [5.74, 6) is 1.31. The normalized spacial score (nSPS) is 11.8. The minimum atomic E-state index is -0.219. The Hall–Kier alpha value is -3.73. The van der Waals surface area contributed by atoms with Crippen LogP contribution >= 0.6 is 0 Å². The number of aromatic nitrogens is 1. The van der Waals surface area contributed by atoms with Gasteiger partial charge in [-0.25, -0.2) is 0 Å². The lowest BCUT2D eigenvalue weighted by Crippen LogP contribution is -2.38. The Balaban J connectivity index is 1.65. The highest BCUT2D eigenvalue weighted by Crippen LogP contribution is 2.34. The molecular weight excluding hydrogens is 400 g/mol. The van der Waals surface area contributed by atoms with E-state index in [1.807, 2.05) is 42.3 Å². The van der Waals surface area contributed by atoms with Gasteiger partial charge in [-0.3, -0.25) is 4.79 Å². The first kappa shape index (κ1) is 21.5. The Labute approximate surface area is 188 Å². The van der Waals surface area contributed by atoms with E-state index in [4.69, 9.17) is 9.47 Å². The molecule has 0 unspecified atom stereocenters. The number of H-pyrrole nitrogens is 1. The SMILES string of the molecule is CCN(C(=O)COc1ccc(OC)cc1)[C@H](c1ccc(C)cc1)c1c[nH]c2ccccc12. The van der Waals surface area contributed by atoms with E-state index in [1.54, 1.807) is 19.2 Å². The first-order valence-corrected chi connectivity index (χ1v) is 10.8. The Bertz CT molecular complexity index is 1180. The van der Waals surface area contributed by atoms with Crippen LogP contribution < -0.4 is 9.47 Å². The number of methoxy groups -OCH3 is 1. The quantitative estimate of drug-likeness (QED) is 0.403. The number of hydrogen-bond donors (Lipinski definition) is 1. The lowest BCUT2D eigenvalue weighted by molar-refractivity contribution is -0.134. The van der Waals surface area contributed by atoms with Crippen molar-refractivity contribution in [3.63, 3.8) is 0 Å². The molecule has 1 atom stereocenters. The number of para-hydroxylation sites is 1. The van der Waals surface area contributed by atoms with E-state index in [2.05, 4.69) is 48.3 Å². The van der Waals surface area contributed by atoms with Gasteiger partial charge in [0.25, 0.3) is 5.91 Å². The number of amides is 1. The van der Waals surface area contributed by atoms with E-state index in [0.29, 0.717) is 12.3 Å². The van der Waals surface area contributed by atoms with Gasteiger partial charge in [-0.15, -0.1) is 0 Å². The maximum atomic E-state index is 13.3. The van der Waals surface area contributed by atoms with Crippen molar-refractivity contribution in [1.82, 2.24) is 9.88 Å². The number of nitrogens with one attached hydrogen (secondary N) is 1. The molecule has 0 aliphatic rings. The number of carbonyl (C=O) groups is 1. The molecule has 1 heterocycles. The maximum Gasteiger partial charge on any atom is 0.261 e. The van der Waals surface area contributed by atoms with E-state index in [9.17, 15) is 4.79 Å². The summed E-state index contributed by atoms with van der Waals surface area (Å²) in [4.78, 5) is 18.6. The lowest BCUT2D eigenvalue weighted by Gasteiger charge is -2.31. The fraction of sp³-hybridized carbons (Fsp3) is 0.222. The van der Waals surface area contributed by atoms with Crippen LogP contribution in [0.15, 0.2) is 79.0 Å². The van der Waals surface area contributed by atoms with Crippen LogP contribution in [0.25, 0.3) is 10.9 Å². The first-order chi connectivity index (χ1) is 15.6. The average Bonchev–Trinajstić information content (AvgIpc) is 3.26. The number of rotatable bonds is 8. The van der Waals surface area contributed by atoms with Gasteiger partial charge < -0.3 is 19.4 Å². The zero-order valence-corrected chi connectivity index (χ0v) is 18.7. The molecule has 4 aromatic rings. The van der Waals surface area contributed by atoms with Crippen LogP contribution in [0.1, 0.15) is 29.7 Å². The van der Waals surface area contributed by atoms with Gasteiger partial charge in [-0.2, -0.15) is 0 Å². The summed E-state index contributed by atoms with van der Waals surface area (Å²) >= 11 is 0. The van der Waals surface area contributed by atoms with E-state index in [0.717, 1.165) is 27.8 Å². The Kier molecular flexibility index (Phi) is 6.45.